The van der Waals surface area contributed by atoms with E-state index in [1.165, 1.54) is 11.1 Å². The molecular weight excluding hydrogens is 300 g/mol. The molecule has 0 radical (unpaired) electrons. The van der Waals surface area contributed by atoms with E-state index >= 15 is 0 Å². The molecular formula is C16H19BrN2. The van der Waals surface area contributed by atoms with Crippen molar-refractivity contribution in [2.24, 2.45) is 0 Å². The van der Waals surface area contributed by atoms with Crippen LogP contribution in [0.1, 0.15) is 23.5 Å². The summed E-state index contributed by atoms with van der Waals surface area (Å²) in [6.45, 7) is 1.03. The van der Waals surface area contributed by atoms with Crippen LogP contribution in [0.15, 0.2) is 53.3 Å². The summed E-state index contributed by atoms with van der Waals surface area (Å²) in [4.78, 5) is 4.31. The maximum atomic E-state index is 4.31. The van der Waals surface area contributed by atoms with Crippen LogP contribution in [0.25, 0.3) is 0 Å². The summed E-state index contributed by atoms with van der Waals surface area (Å²) in [5, 5.41) is 3.24. The monoisotopic (exact) mass is 318 g/mol. The number of nitrogens with one attached hydrogen (secondary N) is 1. The highest BCUT2D eigenvalue weighted by Crippen LogP contribution is 2.26. The van der Waals surface area contributed by atoms with Gasteiger partial charge >= 0.3 is 0 Å². The molecule has 0 aliphatic carbocycles. The Kier molecular flexibility index (Phi) is 5.55. The fourth-order valence-corrected chi connectivity index (χ4v) is 2.68. The minimum atomic E-state index is 0.522. The molecule has 1 unspecified atom stereocenters. The van der Waals surface area contributed by atoms with Gasteiger partial charge in [0.25, 0.3) is 0 Å². The molecule has 1 heterocycles. The number of aromatic nitrogens is 1. The Hall–Kier alpha value is -1.19. The van der Waals surface area contributed by atoms with Crippen molar-refractivity contribution >= 4 is 15.9 Å². The first-order chi connectivity index (χ1) is 9.31. The highest BCUT2D eigenvalue weighted by atomic mass is 79.9. The molecule has 2 aromatic rings. The van der Waals surface area contributed by atoms with Crippen LogP contribution in [0.2, 0.25) is 0 Å². The molecule has 0 aliphatic rings. The third-order valence-electron chi connectivity index (χ3n) is 3.32. The SMILES string of the molecule is CNCCC(Cc1cccnc1Br)c1ccccc1. The zero-order chi connectivity index (χ0) is 13.5. The van der Waals surface area contributed by atoms with E-state index in [-0.39, 0.29) is 0 Å². The normalized spacial score (nSPS) is 12.3. The summed E-state index contributed by atoms with van der Waals surface area (Å²) in [6, 6.07) is 14.9. The summed E-state index contributed by atoms with van der Waals surface area (Å²) in [7, 11) is 2.00. The van der Waals surface area contributed by atoms with Crippen molar-refractivity contribution < 1.29 is 0 Å². The quantitative estimate of drug-likeness (QED) is 0.820. The van der Waals surface area contributed by atoms with Crippen LogP contribution >= 0.6 is 15.9 Å². The van der Waals surface area contributed by atoms with E-state index in [0.717, 1.165) is 24.0 Å². The lowest BCUT2D eigenvalue weighted by molar-refractivity contribution is 0.591. The molecule has 2 nitrogen and oxygen atoms in total. The lowest BCUT2D eigenvalue weighted by Gasteiger charge is -2.18. The van der Waals surface area contributed by atoms with Gasteiger partial charge in [-0.3, -0.25) is 0 Å². The van der Waals surface area contributed by atoms with E-state index in [1.54, 1.807) is 0 Å². The van der Waals surface area contributed by atoms with Crippen LogP contribution in [0.5, 0.6) is 0 Å². The minimum absolute atomic E-state index is 0.522. The van der Waals surface area contributed by atoms with Crippen molar-refractivity contribution in [2.45, 2.75) is 18.8 Å². The zero-order valence-electron chi connectivity index (χ0n) is 11.1. The van der Waals surface area contributed by atoms with Crippen molar-refractivity contribution in [1.82, 2.24) is 10.3 Å². The Morgan fingerprint density at radius 1 is 1.16 bits per heavy atom. The van der Waals surface area contributed by atoms with Crippen molar-refractivity contribution in [1.29, 1.82) is 0 Å². The van der Waals surface area contributed by atoms with Gasteiger partial charge in [0.1, 0.15) is 4.60 Å². The summed E-state index contributed by atoms with van der Waals surface area (Å²) in [5.74, 6) is 0.522. The molecule has 0 spiro atoms. The second-order valence-electron chi connectivity index (χ2n) is 4.66. The van der Waals surface area contributed by atoms with Gasteiger partial charge in [-0.1, -0.05) is 36.4 Å². The number of pyridine rings is 1. The van der Waals surface area contributed by atoms with Crippen molar-refractivity contribution in [2.75, 3.05) is 13.6 Å². The Balaban J connectivity index is 2.17. The molecule has 0 fully saturated rings. The van der Waals surface area contributed by atoms with E-state index in [9.17, 15) is 0 Å². The predicted molar refractivity (Wildman–Crippen MR) is 83.4 cm³/mol. The number of rotatable bonds is 6. The van der Waals surface area contributed by atoms with Crippen LogP contribution in [0.3, 0.4) is 0 Å². The molecule has 100 valence electrons. The van der Waals surface area contributed by atoms with E-state index < -0.39 is 0 Å². The first kappa shape index (κ1) is 14.2. The fraction of sp³-hybridized carbons (Fsp3) is 0.312. The molecule has 0 amide bonds. The van der Waals surface area contributed by atoms with Crippen molar-refractivity contribution in [3.63, 3.8) is 0 Å². The smallest absolute Gasteiger partial charge is 0.109 e. The molecule has 0 saturated heterocycles. The lowest BCUT2D eigenvalue weighted by Crippen LogP contribution is -2.14. The Morgan fingerprint density at radius 3 is 2.63 bits per heavy atom. The van der Waals surface area contributed by atoms with Crippen LogP contribution in [0, 0.1) is 0 Å². The molecule has 2 rings (SSSR count). The van der Waals surface area contributed by atoms with Crippen LogP contribution in [-0.2, 0) is 6.42 Å². The maximum absolute atomic E-state index is 4.31. The van der Waals surface area contributed by atoms with Crippen molar-refractivity contribution in [3.8, 4) is 0 Å². The minimum Gasteiger partial charge on any atom is -0.320 e. The van der Waals surface area contributed by atoms with E-state index in [1.807, 2.05) is 19.3 Å². The Labute approximate surface area is 123 Å². The van der Waals surface area contributed by atoms with Gasteiger partial charge in [0.2, 0.25) is 0 Å². The average Bonchev–Trinajstić information content (AvgIpc) is 2.46. The third kappa shape index (κ3) is 4.15. The zero-order valence-corrected chi connectivity index (χ0v) is 12.7. The highest BCUT2D eigenvalue weighted by Gasteiger charge is 2.13. The number of nitrogens with zero attached hydrogens (tertiary/aromatic N) is 1. The average molecular weight is 319 g/mol. The summed E-state index contributed by atoms with van der Waals surface area (Å²) in [5.41, 5.74) is 2.67. The predicted octanol–water partition coefficient (Wildman–Crippen LogP) is 3.78. The molecule has 0 bridgehead atoms. The summed E-state index contributed by atoms with van der Waals surface area (Å²) >= 11 is 3.54. The number of hydrogen-bond acceptors (Lipinski definition) is 2. The Bertz CT molecular complexity index is 499. The van der Waals surface area contributed by atoms with E-state index in [2.05, 4.69) is 62.6 Å². The van der Waals surface area contributed by atoms with Crippen molar-refractivity contribution in [3.05, 3.63) is 64.4 Å². The summed E-state index contributed by atoms with van der Waals surface area (Å²) in [6.07, 6.45) is 3.96. The fourth-order valence-electron chi connectivity index (χ4n) is 2.27. The standard InChI is InChI=1S/C16H19BrN2/c1-18-11-9-14(13-6-3-2-4-7-13)12-15-8-5-10-19-16(15)17/h2-8,10,14,18H,9,11-12H2,1H3. The first-order valence-corrected chi connectivity index (χ1v) is 7.39. The molecule has 1 N–H and O–H groups in total. The van der Waals surface area contributed by atoms with Gasteiger partial charge < -0.3 is 5.32 Å². The van der Waals surface area contributed by atoms with Gasteiger partial charge in [-0.2, -0.15) is 0 Å². The van der Waals surface area contributed by atoms with Crippen LogP contribution in [0.4, 0.5) is 0 Å². The Morgan fingerprint density at radius 2 is 1.95 bits per heavy atom. The highest BCUT2D eigenvalue weighted by molar-refractivity contribution is 9.10. The van der Waals surface area contributed by atoms with Crippen LogP contribution in [-0.4, -0.2) is 18.6 Å². The maximum Gasteiger partial charge on any atom is 0.109 e. The van der Waals surface area contributed by atoms with Gasteiger partial charge in [0, 0.05) is 6.20 Å². The summed E-state index contributed by atoms with van der Waals surface area (Å²) < 4.78 is 0.959. The third-order valence-corrected chi connectivity index (χ3v) is 4.03. The second-order valence-corrected chi connectivity index (χ2v) is 5.41. The molecule has 1 aromatic heterocycles. The molecule has 19 heavy (non-hydrogen) atoms. The van der Waals surface area contributed by atoms with E-state index in [4.69, 9.17) is 0 Å². The van der Waals surface area contributed by atoms with Gasteiger partial charge in [-0.25, -0.2) is 4.98 Å². The lowest BCUT2D eigenvalue weighted by atomic mass is 9.90. The van der Waals surface area contributed by atoms with Crippen LogP contribution < -0.4 is 5.32 Å². The molecule has 1 atom stereocenters. The molecule has 0 aliphatic heterocycles. The molecule has 0 saturated carbocycles. The molecule has 3 heteroatoms. The number of hydrogen-bond donors (Lipinski definition) is 1. The first-order valence-electron chi connectivity index (χ1n) is 6.60. The number of halogens is 1. The van der Waals surface area contributed by atoms with Gasteiger partial charge in [0.15, 0.2) is 0 Å². The largest absolute Gasteiger partial charge is 0.320 e. The second kappa shape index (κ2) is 7.41. The van der Waals surface area contributed by atoms with E-state index in [0.29, 0.717) is 5.92 Å². The molecule has 1 aromatic carbocycles. The van der Waals surface area contributed by atoms with Gasteiger partial charge in [-0.05, 0) is 65.5 Å². The number of benzene rings is 1. The van der Waals surface area contributed by atoms with Gasteiger partial charge in [0.05, 0.1) is 0 Å². The topological polar surface area (TPSA) is 24.9 Å². The van der Waals surface area contributed by atoms with Gasteiger partial charge in [-0.15, -0.1) is 0 Å².